The van der Waals surface area contributed by atoms with Crippen LogP contribution in [0.25, 0.3) is 0 Å². The maximum absolute atomic E-state index is 5.07. The molecule has 0 spiro atoms. The van der Waals surface area contributed by atoms with Gasteiger partial charge in [0.15, 0.2) is 0 Å². The summed E-state index contributed by atoms with van der Waals surface area (Å²) in [4.78, 5) is 12.5. The van der Waals surface area contributed by atoms with Gasteiger partial charge in [-0.2, -0.15) is 15.0 Å². The molecule has 1 atom stereocenters. The highest BCUT2D eigenvalue weighted by atomic mass is 16.5. The van der Waals surface area contributed by atoms with Crippen molar-refractivity contribution in [1.29, 1.82) is 0 Å². The van der Waals surface area contributed by atoms with Crippen LogP contribution in [0.5, 0.6) is 6.01 Å². The minimum Gasteiger partial charge on any atom is -0.467 e. The Labute approximate surface area is 125 Å². The van der Waals surface area contributed by atoms with Gasteiger partial charge < -0.3 is 15.4 Å². The van der Waals surface area contributed by atoms with E-state index in [0.29, 0.717) is 17.9 Å². The van der Waals surface area contributed by atoms with Gasteiger partial charge >= 0.3 is 6.01 Å². The summed E-state index contributed by atoms with van der Waals surface area (Å²) < 4.78 is 5.07. The van der Waals surface area contributed by atoms with Crippen LogP contribution in [-0.4, -0.2) is 35.2 Å². The smallest absolute Gasteiger partial charge is 0.322 e. The summed E-state index contributed by atoms with van der Waals surface area (Å²) in [5.74, 6) is 1.01. The number of hydrogen-bond donors (Lipinski definition) is 2. The van der Waals surface area contributed by atoms with Crippen molar-refractivity contribution in [2.45, 2.75) is 25.8 Å². The van der Waals surface area contributed by atoms with E-state index in [0.717, 1.165) is 12.8 Å². The van der Waals surface area contributed by atoms with Gasteiger partial charge in [-0.15, -0.1) is 0 Å². The molecule has 0 amide bonds. The molecule has 1 unspecified atom stereocenters. The normalized spacial score (nSPS) is 11.8. The minimum absolute atomic E-state index is 0.252. The monoisotopic (exact) mass is 287 g/mol. The number of aromatic nitrogens is 3. The van der Waals surface area contributed by atoms with Crippen LogP contribution in [-0.2, 0) is 6.42 Å². The molecule has 2 aromatic rings. The Morgan fingerprint density at radius 1 is 1.10 bits per heavy atom. The second-order valence-electron chi connectivity index (χ2n) is 4.79. The van der Waals surface area contributed by atoms with Crippen LogP contribution in [0.4, 0.5) is 11.9 Å². The number of benzene rings is 1. The lowest BCUT2D eigenvalue weighted by Crippen LogP contribution is -2.19. The summed E-state index contributed by atoms with van der Waals surface area (Å²) in [7, 11) is 3.30. The summed E-state index contributed by atoms with van der Waals surface area (Å²) in [6.45, 7) is 2.11. The van der Waals surface area contributed by atoms with Gasteiger partial charge in [-0.3, -0.25) is 0 Å². The first-order valence-corrected chi connectivity index (χ1v) is 6.99. The van der Waals surface area contributed by atoms with E-state index in [-0.39, 0.29) is 6.04 Å². The summed E-state index contributed by atoms with van der Waals surface area (Å²) in [6, 6.07) is 11.0. The fourth-order valence-corrected chi connectivity index (χ4v) is 1.94. The predicted octanol–water partition coefficient (Wildman–Crippen LogP) is 2.36. The van der Waals surface area contributed by atoms with E-state index in [1.165, 1.54) is 12.7 Å². The Hall–Kier alpha value is -2.37. The van der Waals surface area contributed by atoms with Crippen molar-refractivity contribution in [3.05, 3.63) is 35.9 Å². The lowest BCUT2D eigenvalue weighted by molar-refractivity contribution is 0.379. The summed E-state index contributed by atoms with van der Waals surface area (Å²) in [6.07, 6.45) is 2.00. The average Bonchev–Trinajstić information content (AvgIpc) is 2.53. The van der Waals surface area contributed by atoms with Crippen LogP contribution in [0.15, 0.2) is 30.3 Å². The van der Waals surface area contributed by atoms with Crippen molar-refractivity contribution in [2.75, 3.05) is 24.8 Å². The highest BCUT2D eigenvalue weighted by molar-refractivity contribution is 5.36. The summed E-state index contributed by atoms with van der Waals surface area (Å²) in [5, 5.41) is 6.17. The number of nitrogens with zero attached hydrogens (tertiary/aromatic N) is 3. The summed E-state index contributed by atoms with van der Waals surface area (Å²) >= 11 is 0. The predicted molar refractivity (Wildman–Crippen MR) is 83.8 cm³/mol. The summed E-state index contributed by atoms with van der Waals surface area (Å²) in [5.41, 5.74) is 1.33. The van der Waals surface area contributed by atoms with E-state index in [4.69, 9.17) is 4.74 Å². The maximum Gasteiger partial charge on any atom is 0.322 e. The van der Waals surface area contributed by atoms with E-state index in [1.807, 2.05) is 6.07 Å². The first kappa shape index (κ1) is 15.0. The standard InChI is InChI=1S/C15H21N5O/c1-11(9-10-12-7-5-4-6-8-12)17-14-18-13(16-2)19-15(20-14)21-3/h4-8,11H,9-10H2,1-3H3,(H2,16,17,18,19,20). The van der Waals surface area contributed by atoms with E-state index in [2.05, 4.69) is 56.8 Å². The first-order valence-electron chi connectivity index (χ1n) is 6.99. The van der Waals surface area contributed by atoms with Gasteiger partial charge in [0.1, 0.15) is 0 Å². The molecule has 0 saturated carbocycles. The Morgan fingerprint density at radius 3 is 2.48 bits per heavy atom. The highest BCUT2D eigenvalue weighted by Crippen LogP contribution is 2.13. The van der Waals surface area contributed by atoms with Crippen LogP contribution < -0.4 is 15.4 Å². The van der Waals surface area contributed by atoms with Crippen molar-refractivity contribution >= 4 is 11.9 Å². The Balaban J connectivity index is 1.94. The van der Waals surface area contributed by atoms with Crippen molar-refractivity contribution in [3.63, 3.8) is 0 Å². The quantitative estimate of drug-likeness (QED) is 0.814. The topological polar surface area (TPSA) is 72.0 Å². The van der Waals surface area contributed by atoms with Crippen LogP contribution >= 0.6 is 0 Å². The Bertz CT molecular complexity index is 539. The number of hydrogen-bond acceptors (Lipinski definition) is 6. The lowest BCUT2D eigenvalue weighted by atomic mass is 10.1. The molecule has 0 aliphatic heterocycles. The average molecular weight is 287 g/mol. The number of methoxy groups -OCH3 is 1. The molecule has 1 heterocycles. The van der Waals surface area contributed by atoms with Crippen LogP contribution in [0, 0.1) is 0 Å². The van der Waals surface area contributed by atoms with E-state index < -0.39 is 0 Å². The van der Waals surface area contributed by atoms with Crippen molar-refractivity contribution in [3.8, 4) is 6.01 Å². The van der Waals surface area contributed by atoms with Gasteiger partial charge in [0, 0.05) is 13.1 Å². The molecule has 6 nitrogen and oxygen atoms in total. The van der Waals surface area contributed by atoms with E-state index >= 15 is 0 Å². The Morgan fingerprint density at radius 2 is 1.81 bits per heavy atom. The minimum atomic E-state index is 0.252. The lowest BCUT2D eigenvalue weighted by Gasteiger charge is -2.14. The molecule has 2 rings (SSSR count). The molecule has 0 radical (unpaired) electrons. The molecule has 0 saturated heterocycles. The molecule has 0 bridgehead atoms. The van der Waals surface area contributed by atoms with Crippen LogP contribution in [0.2, 0.25) is 0 Å². The first-order chi connectivity index (χ1) is 10.2. The second kappa shape index (κ2) is 7.42. The second-order valence-corrected chi connectivity index (χ2v) is 4.79. The Kier molecular flexibility index (Phi) is 5.31. The van der Waals surface area contributed by atoms with Crippen molar-refractivity contribution < 1.29 is 4.74 Å². The molecule has 112 valence electrons. The molecule has 0 fully saturated rings. The van der Waals surface area contributed by atoms with E-state index in [9.17, 15) is 0 Å². The molecule has 0 aliphatic rings. The third-order valence-electron chi connectivity index (χ3n) is 3.11. The fraction of sp³-hybridized carbons (Fsp3) is 0.400. The van der Waals surface area contributed by atoms with Crippen LogP contribution in [0.3, 0.4) is 0 Å². The van der Waals surface area contributed by atoms with Gasteiger partial charge in [-0.25, -0.2) is 0 Å². The SMILES string of the molecule is CNc1nc(NC(C)CCc2ccccc2)nc(OC)n1. The maximum atomic E-state index is 5.07. The van der Waals surface area contributed by atoms with Crippen molar-refractivity contribution in [1.82, 2.24) is 15.0 Å². The molecule has 6 heteroatoms. The molecule has 21 heavy (non-hydrogen) atoms. The zero-order chi connectivity index (χ0) is 15.1. The highest BCUT2D eigenvalue weighted by Gasteiger charge is 2.09. The fourth-order valence-electron chi connectivity index (χ4n) is 1.94. The van der Waals surface area contributed by atoms with Crippen molar-refractivity contribution in [2.24, 2.45) is 0 Å². The number of nitrogens with one attached hydrogen (secondary N) is 2. The zero-order valence-electron chi connectivity index (χ0n) is 12.6. The zero-order valence-corrected chi connectivity index (χ0v) is 12.6. The van der Waals surface area contributed by atoms with Gasteiger partial charge in [-0.1, -0.05) is 30.3 Å². The third-order valence-corrected chi connectivity index (χ3v) is 3.11. The number of rotatable bonds is 7. The third kappa shape index (κ3) is 4.59. The number of ether oxygens (including phenoxy) is 1. The molecular formula is C15H21N5O. The van der Waals surface area contributed by atoms with Gasteiger partial charge in [-0.05, 0) is 25.3 Å². The molecule has 0 aliphatic carbocycles. The van der Waals surface area contributed by atoms with Gasteiger partial charge in [0.2, 0.25) is 11.9 Å². The van der Waals surface area contributed by atoms with Crippen LogP contribution in [0.1, 0.15) is 18.9 Å². The molecular weight excluding hydrogens is 266 g/mol. The van der Waals surface area contributed by atoms with Gasteiger partial charge in [0.25, 0.3) is 0 Å². The molecule has 1 aromatic carbocycles. The number of aryl methyl sites for hydroxylation is 1. The molecule has 2 N–H and O–H groups in total. The largest absolute Gasteiger partial charge is 0.467 e. The number of anilines is 2. The van der Waals surface area contributed by atoms with E-state index in [1.54, 1.807) is 7.05 Å². The van der Waals surface area contributed by atoms with Gasteiger partial charge in [0.05, 0.1) is 7.11 Å². The molecule has 1 aromatic heterocycles.